The highest BCUT2D eigenvalue weighted by molar-refractivity contribution is 7.15. The van der Waals surface area contributed by atoms with E-state index in [2.05, 4.69) is 9.97 Å². The van der Waals surface area contributed by atoms with Crippen molar-refractivity contribution in [3.63, 3.8) is 0 Å². The smallest absolute Gasteiger partial charge is 0.211 e. The number of hydrogen-bond donors (Lipinski definition) is 0. The first kappa shape index (κ1) is 9.89. The van der Waals surface area contributed by atoms with Crippen LogP contribution in [-0.2, 0) is 9.47 Å². The third-order valence-corrected chi connectivity index (χ3v) is 3.36. The van der Waals surface area contributed by atoms with Crippen molar-refractivity contribution in [3.05, 3.63) is 35.7 Å². The minimum atomic E-state index is -0.282. The molecule has 0 atom stereocenters. The number of pyridine rings is 1. The van der Waals surface area contributed by atoms with Gasteiger partial charge in [-0.1, -0.05) is 6.07 Å². The van der Waals surface area contributed by atoms with Crippen LogP contribution >= 0.6 is 11.3 Å². The van der Waals surface area contributed by atoms with E-state index in [9.17, 15) is 0 Å². The third-order valence-electron chi connectivity index (χ3n) is 2.29. The van der Waals surface area contributed by atoms with Gasteiger partial charge in [0.25, 0.3) is 0 Å². The van der Waals surface area contributed by atoms with Gasteiger partial charge in [0, 0.05) is 24.2 Å². The summed E-state index contributed by atoms with van der Waals surface area (Å²) in [6.07, 6.45) is 5.14. The van der Waals surface area contributed by atoms with Crippen molar-refractivity contribution in [2.75, 3.05) is 13.2 Å². The SMILES string of the molecule is c1cncc(-c2cnc(C3OCCO3)s2)c1. The van der Waals surface area contributed by atoms with Gasteiger partial charge in [-0.15, -0.1) is 11.3 Å². The van der Waals surface area contributed by atoms with E-state index in [1.807, 2.05) is 24.5 Å². The summed E-state index contributed by atoms with van der Waals surface area (Å²) in [5.41, 5.74) is 1.07. The van der Waals surface area contributed by atoms with Crippen molar-refractivity contribution in [1.29, 1.82) is 0 Å². The summed E-state index contributed by atoms with van der Waals surface area (Å²) in [6.45, 7) is 1.29. The third kappa shape index (κ3) is 1.84. The molecule has 3 heterocycles. The standard InChI is InChI=1S/C11H10N2O2S/c1-2-8(6-12-3-1)9-7-13-10(16-9)11-14-4-5-15-11/h1-3,6-7,11H,4-5H2. The van der Waals surface area contributed by atoms with Crippen LogP contribution in [0.25, 0.3) is 10.4 Å². The normalized spacial score (nSPS) is 16.8. The second kappa shape index (κ2) is 4.29. The van der Waals surface area contributed by atoms with E-state index in [0.717, 1.165) is 15.4 Å². The molecule has 3 rings (SSSR count). The molecule has 5 heteroatoms. The molecule has 0 amide bonds. The Hall–Kier alpha value is -1.30. The number of ether oxygens (including phenoxy) is 2. The predicted molar refractivity (Wildman–Crippen MR) is 60.0 cm³/mol. The van der Waals surface area contributed by atoms with Crippen LogP contribution in [0.3, 0.4) is 0 Å². The molecule has 1 aliphatic heterocycles. The molecule has 1 fully saturated rings. The highest BCUT2D eigenvalue weighted by Crippen LogP contribution is 2.32. The number of rotatable bonds is 2. The number of hydrogen-bond acceptors (Lipinski definition) is 5. The molecule has 0 spiro atoms. The van der Waals surface area contributed by atoms with Crippen LogP contribution in [0.4, 0.5) is 0 Å². The topological polar surface area (TPSA) is 44.2 Å². The summed E-state index contributed by atoms with van der Waals surface area (Å²) < 4.78 is 10.8. The first-order chi connectivity index (χ1) is 7.93. The van der Waals surface area contributed by atoms with E-state index >= 15 is 0 Å². The predicted octanol–water partition coefficient (Wildman–Crippen LogP) is 2.25. The van der Waals surface area contributed by atoms with Crippen LogP contribution in [-0.4, -0.2) is 23.2 Å². The Morgan fingerprint density at radius 2 is 2.12 bits per heavy atom. The first-order valence-electron chi connectivity index (χ1n) is 5.03. The maximum absolute atomic E-state index is 5.40. The van der Waals surface area contributed by atoms with Crippen molar-refractivity contribution in [3.8, 4) is 10.4 Å². The Bertz CT molecular complexity index is 466. The van der Waals surface area contributed by atoms with E-state index in [-0.39, 0.29) is 6.29 Å². The van der Waals surface area contributed by atoms with E-state index in [1.54, 1.807) is 17.5 Å². The van der Waals surface area contributed by atoms with Gasteiger partial charge < -0.3 is 9.47 Å². The zero-order valence-corrected chi connectivity index (χ0v) is 9.31. The maximum Gasteiger partial charge on any atom is 0.211 e. The Kier molecular flexibility index (Phi) is 2.65. The van der Waals surface area contributed by atoms with Gasteiger partial charge in [0.05, 0.1) is 18.1 Å². The van der Waals surface area contributed by atoms with Gasteiger partial charge in [-0.25, -0.2) is 4.98 Å². The van der Waals surface area contributed by atoms with Gasteiger partial charge in [0.2, 0.25) is 6.29 Å². The highest BCUT2D eigenvalue weighted by atomic mass is 32.1. The van der Waals surface area contributed by atoms with Crippen molar-refractivity contribution in [1.82, 2.24) is 9.97 Å². The van der Waals surface area contributed by atoms with Crippen molar-refractivity contribution < 1.29 is 9.47 Å². The molecule has 0 saturated carbocycles. The van der Waals surface area contributed by atoms with Gasteiger partial charge in [-0.2, -0.15) is 0 Å². The van der Waals surface area contributed by atoms with E-state index < -0.39 is 0 Å². The van der Waals surface area contributed by atoms with Crippen LogP contribution in [0, 0.1) is 0 Å². The van der Waals surface area contributed by atoms with Gasteiger partial charge in [0.1, 0.15) is 5.01 Å². The monoisotopic (exact) mass is 234 g/mol. The fourth-order valence-corrected chi connectivity index (χ4v) is 2.45. The van der Waals surface area contributed by atoms with Gasteiger partial charge in [0.15, 0.2) is 0 Å². The van der Waals surface area contributed by atoms with Crippen LogP contribution in [0.2, 0.25) is 0 Å². The molecule has 0 aromatic carbocycles. The highest BCUT2D eigenvalue weighted by Gasteiger charge is 2.21. The van der Waals surface area contributed by atoms with Crippen LogP contribution in [0.1, 0.15) is 11.3 Å². The van der Waals surface area contributed by atoms with Crippen molar-refractivity contribution >= 4 is 11.3 Å². The Morgan fingerprint density at radius 3 is 2.88 bits per heavy atom. The summed E-state index contributed by atoms with van der Waals surface area (Å²) in [5, 5.41) is 0.872. The molecule has 1 aliphatic rings. The quantitative estimate of drug-likeness (QED) is 0.799. The first-order valence-corrected chi connectivity index (χ1v) is 5.84. The Labute approximate surface area is 96.9 Å². The largest absolute Gasteiger partial charge is 0.344 e. The fraction of sp³-hybridized carbons (Fsp3) is 0.273. The van der Waals surface area contributed by atoms with Gasteiger partial charge >= 0.3 is 0 Å². The lowest BCUT2D eigenvalue weighted by atomic mass is 10.3. The van der Waals surface area contributed by atoms with Crippen LogP contribution < -0.4 is 0 Å². The second-order valence-corrected chi connectivity index (χ2v) is 4.44. The molecule has 2 aromatic rings. The van der Waals surface area contributed by atoms with Crippen molar-refractivity contribution in [2.45, 2.75) is 6.29 Å². The van der Waals surface area contributed by atoms with Gasteiger partial charge in [-0.3, -0.25) is 4.98 Å². The van der Waals surface area contributed by atoms with E-state index in [1.165, 1.54) is 0 Å². The van der Waals surface area contributed by atoms with Crippen molar-refractivity contribution in [2.24, 2.45) is 0 Å². The lowest BCUT2D eigenvalue weighted by Crippen LogP contribution is -1.95. The molecule has 0 aliphatic carbocycles. The van der Waals surface area contributed by atoms with E-state index in [4.69, 9.17) is 9.47 Å². The lowest BCUT2D eigenvalue weighted by Gasteiger charge is -2.02. The number of thiazole rings is 1. The van der Waals surface area contributed by atoms with Crippen LogP contribution in [0.5, 0.6) is 0 Å². The molecule has 1 saturated heterocycles. The summed E-state index contributed by atoms with van der Waals surface area (Å²) in [5.74, 6) is 0. The lowest BCUT2D eigenvalue weighted by molar-refractivity contribution is -0.0442. The summed E-state index contributed by atoms with van der Waals surface area (Å²) in [7, 11) is 0. The average molecular weight is 234 g/mol. The zero-order valence-electron chi connectivity index (χ0n) is 8.50. The Balaban J connectivity index is 1.87. The number of aromatic nitrogens is 2. The molecule has 0 radical (unpaired) electrons. The van der Waals surface area contributed by atoms with E-state index in [0.29, 0.717) is 13.2 Å². The second-order valence-electron chi connectivity index (χ2n) is 3.38. The fourth-order valence-electron chi connectivity index (χ4n) is 1.54. The molecule has 0 bridgehead atoms. The summed E-state index contributed by atoms with van der Waals surface area (Å²) in [6, 6.07) is 3.93. The Morgan fingerprint density at radius 1 is 1.25 bits per heavy atom. The molecule has 2 aromatic heterocycles. The molecule has 0 unspecified atom stereocenters. The van der Waals surface area contributed by atoms with Crippen LogP contribution in [0.15, 0.2) is 30.7 Å². The average Bonchev–Trinajstić information content (AvgIpc) is 3.01. The van der Waals surface area contributed by atoms with Gasteiger partial charge in [-0.05, 0) is 6.07 Å². The zero-order chi connectivity index (χ0) is 10.8. The maximum atomic E-state index is 5.40. The molecule has 82 valence electrons. The summed E-state index contributed by atoms with van der Waals surface area (Å²) in [4.78, 5) is 9.48. The molecule has 0 N–H and O–H groups in total. The summed E-state index contributed by atoms with van der Waals surface area (Å²) >= 11 is 1.58. The molecular weight excluding hydrogens is 224 g/mol. The minimum Gasteiger partial charge on any atom is -0.344 e. The molecule has 4 nitrogen and oxygen atoms in total. The molecule has 16 heavy (non-hydrogen) atoms. The number of nitrogens with zero attached hydrogens (tertiary/aromatic N) is 2. The molecular formula is C11H10N2O2S. The minimum absolute atomic E-state index is 0.282.